The average Bonchev–Trinajstić information content (AvgIpc) is 3.28. The molecule has 0 aliphatic heterocycles. The summed E-state index contributed by atoms with van der Waals surface area (Å²) in [7, 11) is -3.70. The van der Waals surface area contributed by atoms with Crippen LogP contribution < -0.4 is 5.32 Å². The molecular weight excluding hydrogens is 476 g/mol. The van der Waals surface area contributed by atoms with Crippen molar-refractivity contribution in [1.82, 2.24) is 13.9 Å². The first-order valence-corrected chi connectivity index (χ1v) is 13.0. The van der Waals surface area contributed by atoms with E-state index in [9.17, 15) is 18.3 Å². The van der Waals surface area contributed by atoms with Gasteiger partial charge in [-0.1, -0.05) is 24.3 Å². The lowest BCUT2D eigenvalue weighted by molar-refractivity contribution is -0.145. The third-order valence-electron chi connectivity index (χ3n) is 6.84. The van der Waals surface area contributed by atoms with Crippen LogP contribution in [0.3, 0.4) is 0 Å². The number of hydrogen-bond acceptors (Lipinski definition) is 6. The maximum Gasteiger partial charge on any atom is 0.306 e. The van der Waals surface area contributed by atoms with Crippen molar-refractivity contribution in [3.05, 3.63) is 90.9 Å². The molecule has 2 aromatic heterocycles. The minimum atomic E-state index is -3.70. The molecule has 0 unspecified atom stereocenters. The van der Waals surface area contributed by atoms with E-state index >= 15 is 0 Å². The van der Waals surface area contributed by atoms with Crippen molar-refractivity contribution in [3.63, 3.8) is 0 Å². The minimum absolute atomic E-state index is 0.214. The first-order chi connectivity index (χ1) is 17.4. The van der Waals surface area contributed by atoms with Crippen LogP contribution in [0.1, 0.15) is 24.3 Å². The molecule has 1 saturated carbocycles. The van der Waals surface area contributed by atoms with Gasteiger partial charge < -0.3 is 10.4 Å². The predicted molar refractivity (Wildman–Crippen MR) is 137 cm³/mol. The number of fused-ring (bicyclic) bond motifs is 2. The summed E-state index contributed by atoms with van der Waals surface area (Å²) in [6.45, 7) is 0. The Morgan fingerprint density at radius 2 is 1.78 bits per heavy atom. The van der Waals surface area contributed by atoms with E-state index in [0.717, 1.165) is 27.5 Å². The molecule has 6 rings (SSSR count). The van der Waals surface area contributed by atoms with Gasteiger partial charge >= 0.3 is 5.97 Å². The topological polar surface area (TPSA) is 114 Å². The van der Waals surface area contributed by atoms with Crippen LogP contribution in [0.4, 0.5) is 11.5 Å². The first-order valence-electron chi connectivity index (χ1n) is 11.6. The van der Waals surface area contributed by atoms with E-state index in [1.165, 1.54) is 10.3 Å². The number of aliphatic carboxylic acids is 1. The zero-order valence-corrected chi connectivity index (χ0v) is 19.9. The maximum atomic E-state index is 13.1. The van der Waals surface area contributed by atoms with Gasteiger partial charge in [0.2, 0.25) is 0 Å². The van der Waals surface area contributed by atoms with Crippen LogP contribution in [0.15, 0.2) is 90.2 Å². The molecule has 1 aliphatic rings. The lowest BCUT2D eigenvalue weighted by atomic mass is 9.71. The zero-order chi connectivity index (χ0) is 24.9. The molecule has 0 spiro atoms. The van der Waals surface area contributed by atoms with Crippen molar-refractivity contribution in [2.45, 2.75) is 23.7 Å². The molecule has 0 saturated heterocycles. The second-order valence-corrected chi connectivity index (χ2v) is 10.8. The van der Waals surface area contributed by atoms with Crippen LogP contribution in [0.25, 0.3) is 21.8 Å². The molecule has 0 radical (unpaired) electrons. The van der Waals surface area contributed by atoms with Gasteiger partial charge in [-0.15, -0.1) is 0 Å². The van der Waals surface area contributed by atoms with Crippen LogP contribution in [-0.2, 0) is 14.8 Å². The second kappa shape index (κ2) is 8.46. The number of nitrogens with zero attached hydrogens (tertiary/aromatic N) is 3. The van der Waals surface area contributed by atoms with E-state index < -0.39 is 16.0 Å². The third-order valence-corrected chi connectivity index (χ3v) is 8.54. The van der Waals surface area contributed by atoms with Gasteiger partial charge in [-0.3, -0.25) is 4.79 Å². The molecule has 2 N–H and O–H groups in total. The monoisotopic (exact) mass is 498 g/mol. The Labute approximate surface area is 207 Å². The summed E-state index contributed by atoms with van der Waals surface area (Å²) in [6, 6.07) is 21.6. The van der Waals surface area contributed by atoms with Crippen molar-refractivity contribution in [2.75, 3.05) is 5.32 Å². The Morgan fingerprint density at radius 3 is 2.56 bits per heavy atom. The lowest BCUT2D eigenvalue weighted by Crippen LogP contribution is -2.28. The normalized spacial score (nSPS) is 17.7. The van der Waals surface area contributed by atoms with Crippen LogP contribution >= 0.6 is 0 Å². The first kappa shape index (κ1) is 22.2. The molecule has 36 heavy (non-hydrogen) atoms. The fourth-order valence-electron chi connectivity index (χ4n) is 4.77. The number of nitrogens with one attached hydrogen (secondary N) is 1. The predicted octanol–water partition coefficient (Wildman–Crippen LogP) is 5.14. The van der Waals surface area contributed by atoms with Gasteiger partial charge in [0.05, 0.1) is 21.8 Å². The van der Waals surface area contributed by atoms with Crippen LogP contribution in [0.5, 0.6) is 0 Å². The van der Waals surface area contributed by atoms with Crippen LogP contribution in [-0.4, -0.2) is 33.4 Å². The van der Waals surface area contributed by atoms with Gasteiger partial charge in [0, 0.05) is 22.7 Å². The number of carbonyl (C=O) groups is 1. The number of benzene rings is 3. The van der Waals surface area contributed by atoms with E-state index in [0.29, 0.717) is 24.2 Å². The quantitative estimate of drug-likeness (QED) is 0.333. The maximum absolute atomic E-state index is 13.1. The van der Waals surface area contributed by atoms with Crippen LogP contribution in [0.2, 0.25) is 0 Å². The summed E-state index contributed by atoms with van der Waals surface area (Å²) in [5, 5.41) is 14.2. The number of carboxylic acids is 1. The zero-order valence-electron chi connectivity index (χ0n) is 19.1. The molecule has 9 heteroatoms. The summed E-state index contributed by atoms with van der Waals surface area (Å²) < 4.78 is 27.5. The molecule has 5 aromatic rings. The highest BCUT2D eigenvalue weighted by Gasteiger charge is 2.35. The molecule has 8 nitrogen and oxygen atoms in total. The second-order valence-electron chi connectivity index (χ2n) is 9.03. The lowest BCUT2D eigenvalue weighted by Gasteiger charge is -2.32. The minimum Gasteiger partial charge on any atom is -0.481 e. The average molecular weight is 499 g/mol. The number of rotatable bonds is 6. The Hall–Kier alpha value is -4.24. The summed E-state index contributed by atoms with van der Waals surface area (Å²) in [5.41, 5.74) is 3.21. The Kier molecular flexibility index (Phi) is 5.22. The largest absolute Gasteiger partial charge is 0.481 e. The molecule has 0 atom stereocenters. The van der Waals surface area contributed by atoms with Crippen LogP contribution in [0, 0.1) is 5.92 Å². The van der Waals surface area contributed by atoms with E-state index in [1.807, 2.05) is 30.3 Å². The molecule has 1 aliphatic carbocycles. The van der Waals surface area contributed by atoms with E-state index in [2.05, 4.69) is 15.3 Å². The standard InChI is InChI=1S/C27H22N4O4S/c32-27(33)20-12-19(13-20)17-6-8-24-23(15-17)26(29-16-28-24)30-21-7-9-25-18(14-21)10-11-31(25)36(34,35)22-4-2-1-3-5-22/h1-11,14-16,19-20H,12-13H2,(H,32,33)(H,28,29,30). The van der Waals surface area contributed by atoms with Crippen molar-refractivity contribution in [3.8, 4) is 0 Å². The number of carboxylic acid groups (broad SMARTS) is 1. The SMILES string of the molecule is O=C(O)C1CC(c2ccc3ncnc(Nc4ccc5c(ccn5S(=O)(=O)c5ccccc5)c4)c3c2)C1. The van der Waals surface area contributed by atoms with Crippen molar-refractivity contribution >= 4 is 49.3 Å². The third kappa shape index (κ3) is 3.77. The fourth-order valence-corrected chi connectivity index (χ4v) is 6.14. The molecule has 0 amide bonds. The van der Waals surface area contributed by atoms with Gasteiger partial charge in [-0.25, -0.2) is 22.4 Å². The molecule has 180 valence electrons. The van der Waals surface area contributed by atoms with Gasteiger partial charge in [-0.05, 0) is 72.9 Å². The van der Waals surface area contributed by atoms with Gasteiger partial charge in [0.15, 0.2) is 0 Å². The molecule has 0 bridgehead atoms. The Morgan fingerprint density at radius 1 is 0.972 bits per heavy atom. The summed E-state index contributed by atoms with van der Waals surface area (Å²) in [5.74, 6) is -0.170. The highest BCUT2D eigenvalue weighted by atomic mass is 32.2. The highest BCUT2D eigenvalue weighted by Crippen LogP contribution is 2.42. The molecular formula is C27H22N4O4S. The number of hydrogen-bond donors (Lipinski definition) is 2. The fraction of sp³-hybridized carbons (Fsp3) is 0.148. The Bertz CT molecular complexity index is 1730. The van der Waals surface area contributed by atoms with E-state index in [1.54, 1.807) is 48.7 Å². The highest BCUT2D eigenvalue weighted by molar-refractivity contribution is 7.90. The molecule has 1 fully saturated rings. The summed E-state index contributed by atoms with van der Waals surface area (Å²) in [6.07, 6.45) is 4.33. The van der Waals surface area contributed by atoms with Crippen molar-refractivity contribution in [1.29, 1.82) is 0 Å². The summed E-state index contributed by atoms with van der Waals surface area (Å²) in [4.78, 5) is 20.2. The number of aromatic nitrogens is 3. The van der Waals surface area contributed by atoms with E-state index in [4.69, 9.17) is 0 Å². The van der Waals surface area contributed by atoms with E-state index in [-0.39, 0.29) is 16.7 Å². The van der Waals surface area contributed by atoms with Crippen molar-refractivity contribution < 1.29 is 18.3 Å². The van der Waals surface area contributed by atoms with Gasteiger partial charge in [-0.2, -0.15) is 0 Å². The van der Waals surface area contributed by atoms with Crippen molar-refractivity contribution in [2.24, 2.45) is 5.92 Å². The molecule has 3 aromatic carbocycles. The Balaban J connectivity index is 1.31. The molecule has 2 heterocycles. The summed E-state index contributed by atoms with van der Waals surface area (Å²) >= 11 is 0. The van der Waals surface area contributed by atoms with Gasteiger partial charge in [0.25, 0.3) is 10.0 Å². The van der Waals surface area contributed by atoms with Gasteiger partial charge in [0.1, 0.15) is 12.1 Å². The smallest absolute Gasteiger partial charge is 0.306 e. The number of anilines is 2.